The molecular formula is C22H28BrN3O4S. The second-order valence-corrected chi connectivity index (χ2v) is 12.6. The van der Waals surface area contributed by atoms with Gasteiger partial charge >= 0.3 is 0 Å². The molecule has 2 amide bonds. The number of carbonyl (C=O) groups excluding carboxylic acids is 2. The molecule has 5 aliphatic rings. The van der Waals surface area contributed by atoms with Crippen LogP contribution >= 0.6 is 15.9 Å². The van der Waals surface area contributed by atoms with Gasteiger partial charge in [-0.1, -0.05) is 12.1 Å². The van der Waals surface area contributed by atoms with Gasteiger partial charge in [-0.2, -0.15) is 4.31 Å². The highest BCUT2D eigenvalue weighted by Crippen LogP contribution is 2.59. The molecule has 5 saturated carbocycles. The summed E-state index contributed by atoms with van der Waals surface area (Å²) in [7, 11) is -3.78. The predicted octanol–water partition coefficient (Wildman–Crippen LogP) is 2.40. The Kier molecular flexibility index (Phi) is 5.22. The number of amides is 2. The number of primary amides is 1. The van der Waals surface area contributed by atoms with Crippen LogP contribution in [0.5, 0.6) is 0 Å². The molecule has 31 heavy (non-hydrogen) atoms. The maximum atomic E-state index is 13.3. The quantitative estimate of drug-likeness (QED) is 0.587. The molecule has 0 heterocycles. The van der Waals surface area contributed by atoms with Gasteiger partial charge in [0.05, 0.1) is 11.4 Å². The molecule has 5 aliphatic carbocycles. The van der Waals surface area contributed by atoms with E-state index in [1.165, 1.54) is 4.31 Å². The summed E-state index contributed by atoms with van der Waals surface area (Å²) in [6.45, 7) is -0.172. The fraction of sp³-hybridized carbons (Fsp3) is 0.636. The van der Waals surface area contributed by atoms with Crippen molar-refractivity contribution < 1.29 is 18.0 Å². The molecule has 3 N–H and O–H groups in total. The summed E-state index contributed by atoms with van der Waals surface area (Å²) in [6, 6.07) is 6.59. The fourth-order valence-corrected chi connectivity index (χ4v) is 9.09. The minimum atomic E-state index is -3.78. The van der Waals surface area contributed by atoms with E-state index in [2.05, 4.69) is 21.2 Å². The monoisotopic (exact) mass is 509 g/mol. The van der Waals surface area contributed by atoms with Gasteiger partial charge < -0.3 is 11.1 Å². The molecule has 1 aromatic rings. The van der Waals surface area contributed by atoms with E-state index in [0.717, 1.165) is 44.9 Å². The maximum absolute atomic E-state index is 13.3. The number of nitrogens with two attached hydrogens (primary N) is 1. The van der Waals surface area contributed by atoms with Crippen molar-refractivity contribution in [3.8, 4) is 0 Å². The smallest absolute Gasteiger partial charge is 0.244 e. The van der Waals surface area contributed by atoms with Crippen molar-refractivity contribution in [2.24, 2.45) is 28.9 Å². The molecule has 2 atom stereocenters. The van der Waals surface area contributed by atoms with Crippen molar-refractivity contribution in [3.63, 3.8) is 0 Å². The van der Waals surface area contributed by atoms with E-state index in [1.54, 1.807) is 24.3 Å². The van der Waals surface area contributed by atoms with E-state index in [9.17, 15) is 18.0 Å². The fourth-order valence-electron chi connectivity index (χ4n) is 6.49. The summed E-state index contributed by atoms with van der Waals surface area (Å²) in [5, 5.41) is 3.16. The second-order valence-electron chi connectivity index (χ2n) is 9.92. The minimum absolute atomic E-state index is 0.00347. The highest BCUT2D eigenvalue weighted by atomic mass is 79.9. The van der Waals surface area contributed by atoms with Gasteiger partial charge in [0.25, 0.3) is 0 Å². The van der Waals surface area contributed by atoms with Crippen molar-refractivity contribution >= 4 is 37.8 Å². The van der Waals surface area contributed by atoms with Crippen molar-refractivity contribution in [1.29, 1.82) is 0 Å². The van der Waals surface area contributed by atoms with E-state index in [-0.39, 0.29) is 47.2 Å². The van der Waals surface area contributed by atoms with E-state index in [1.807, 2.05) is 0 Å². The molecule has 0 saturated heterocycles. The van der Waals surface area contributed by atoms with E-state index in [4.69, 9.17) is 5.73 Å². The molecule has 7 nitrogen and oxygen atoms in total. The first-order valence-corrected chi connectivity index (χ1v) is 13.3. The van der Waals surface area contributed by atoms with Crippen LogP contribution in [0, 0.1) is 23.2 Å². The van der Waals surface area contributed by atoms with Gasteiger partial charge in [0.2, 0.25) is 21.8 Å². The van der Waals surface area contributed by atoms with Crippen LogP contribution in [0.15, 0.2) is 33.6 Å². The third-order valence-electron chi connectivity index (χ3n) is 7.80. The Morgan fingerprint density at radius 3 is 2.35 bits per heavy atom. The van der Waals surface area contributed by atoms with Gasteiger partial charge in [-0.25, -0.2) is 8.42 Å². The Morgan fingerprint density at radius 2 is 1.77 bits per heavy atom. The molecule has 0 aromatic heterocycles. The Bertz CT molecular complexity index is 1010. The Hall–Kier alpha value is -1.45. The summed E-state index contributed by atoms with van der Waals surface area (Å²) in [4.78, 5) is 25.4. The first kappa shape index (κ1) is 21.4. The number of hydrogen-bond acceptors (Lipinski definition) is 4. The van der Waals surface area contributed by atoms with Gasteiger partial charge in [0, 0.05) is 22.0 Å². The second kappa shape index (κ2) is 7.56. The molecule has 0 aliphatic heterocycles. The van der Waals surface area contributed by atoms with Gasteiger partial charge in [0.15, 0.2) is 0 Å². The van der Waals surface area contributed by atoms with Crippen LogP contribution in [0.4, 0.5) is 0 Å². The molecule has 6 rings (SSSR count). The lowest BCUT2D eigenvalue weighted by Crippen LogP contribution is -2.62. The Labute approximate surface area is 191 Å². The SMILES string of the molecule is NC(=O)C12CC3CC(C1)C(NC(=O)CN(C1CC1)S(=O)(=O)c1ccccc1Br)C(C3)C2. The predicted molar refractivity (Wildman–Crippen MR) is 118 cm³/mol. The molecule has 168 valence electrons. The third kappa shape index (κ3) is 3.72. The highest BCUT2D eigenvalue weighted by molar-refractivity contribution is 9.10. The number of nitrogens with zero attached hydrogens (tertiary/aromatic N) is 1. The molecule has 9 heteroatoms. The van der Waals surface area contributed by atoms with Crippen LogP contribution in [0.3, 0.4) is 0 Å². The molecule has 0 radical (unpaired) electrons. The number of sulfonamides is 1. The topological polar surface area (TPSA) is 110 Å². The van der Waals surface area contributed by atoms with E-state index in [0.29, 0.717) is 10.4 Å². The van der Waals surface area contributed by atoms with Crippen molar-refractivity contribution in [3.05, 3.63) is 28.7 Å². The summed E-state index contributed by atoms with van der Waals surface area (Å²) >= 11 is 3.33. The molecule has 5 fully saturated rings. The van der Waals surface area contributed by atoms with Gasteiger partial charge in [-0.3, -0.25) is 9.59 Å². The van der Waals surface area contributed by atoms with Gasteiger partial charge in [-0.15, -0.1) is 0 Å². The number of benzene rings is 1. The van der Waals surface area contributed by atoms with E-state index < -0.39 is 15.4 Å². The summed E-state index contributed by atoms with van der Waals surface area (Å²) in [5.41, 5.74) is 5.35. The first-order chi connectivity index (χ1) is 14.7. The van der Waals surface area contributed by atoms with Crippen molar-refractivity contribution in [1.82, 2.24) is 9.62 Å². The first-order valence-electron chi connectivity index (χ1n) is 11.1. The number of halogens is 1. The third-order valence-corrected chi connectivity index (χ3v) is 10.7. The Balaban J connectivity index is 1.31. The van der Waals surface area contributed by atoms with Crippen LogP contribution in [0.1, 0.15) is 44.9 Å². The lowest BCUT2D eigenvalue weighted by atomic mass is 9.47. The van der Waals surface area contributed by atoms with Crippen molar-refractivity contribution in [2.45, 2.75) is 61.9 Å². The van der Waals surface area contributed by atoms with Crippen LogP contribution < -0.4 is 11.1 Å². The largest absolute Gasteiger partial charge is 0.369 e. The highest BCUT2D eigenvalue weighted by Gasteiger charge is 2.58. The average molecular weight is 510 g/mol. The van der Waals surface area contributed by atoms with Crippen molar-refractivity contribution in [2.75, 3.05) is 6.54 Å². The molecule has 1 aromatic carbocycles. The molecular weight excluding hydrogens is 482 g/mol. The summed E-state index contributed by atoms with van der Waals surface area (Å²) in [5.74, 6) is 0.551. The number of rotatable bonds is 7. The average Bonchev–Trinajstić information content (AvgIpc) is 3.53. The number of carbonyl (C=O) groups is 2. The normalized spacial score (nSPS) is 34.1. The lowest BCUT2D eigenvalue weighted by molar-refractivity contribution is -0.147. The van der Waals surface area contributed by atoms with E-state index >= 15 is 0 Å². The Morgan fingerprint density at radius 1 is 1.13 bits per heavy atom. The van der Waals surface area contributed by atoms with Crippen LogP contribution in [-0.2, 0) is 19.6 Å². The van der Waals surface area contributed by atoms with Crippen LogP contribution in [-0.4, -0.2) is 43.2 Å². The van der Waals surface area contributed by atoms with Gasteiger partial charge in [0.1, 0.15) is 0 Å². The summed E-state index contributed by atoms with van der Waals surface area (Å²) < 4.78 is 28.4. The molecule has 2 unspecified atom stereocenters. The number of nitrogens with one attached hydrogen (secondary N) is 1. The molecule has 4 bridgehead atoms. The standard InChI is InChI=1S/C22H28BrN3O4S/c23-17-3-1-2-4-18(17)31(29,30)26(16-5-6-16)12-19(27)25-20-14-7-13-8-15(20)11-22(9-13,10-14)21(24)28/h1-4,13-16,20H,5-12H2,(H2,24,28)(H,25,27). The van der Waals surface area contributed by atoms with Gasteiger partial charge in [-0.05, 0) is 90.8 Å². The summed E-state index contributed by atoms with van der Waals surface area (Å²) in [6.07, 6.45) is 5.93. The van der Waals surface area contributed by atoms with Crippen LogP contribution in [0.2, 0.25) is 0 Å². The molecule has 0 spiro atoms. The minimum Gasteiger partial charge on any atom is -0.369 e. The lowest BCUT2D eigenvalue weighted by Gasteiger charge is -2.58. The van der Waals surface area contributed by atoms with Crippen LogP contribution in [0.25, 0.3) is 0 Å². The maximum Gasteiger partial charge on any atom is 0.244 e. The zero-order chi connectivity index (χ0) is 22.0. The zero-order valence-corrected chi connectivity index (χ0v) is 19.7. The number of hydrogen-bond donors (Lipinski definition) is 2. The zero-order valence-electron chi connectivity index (χ0n) is 17.3.